The molecule has 1 saturated heterocycles. The minimum absolute atomic E-state index is 0.0739. The van der Waals surface area contributed by atoms with Crippen LogP contribution in [0.2, 0.25) is 0 Å². The lowest BCUT2D eigenvalue weighted by atomic mass is 10.1. The molecule has 3 heterocycles. The van der Waals surface area contributed by atoms with E-state index in [1.165, 1.54) is 28.6 Å². The number of imide groups is 1. The summed E-state index contributed by atoms with van der Waals surface area (Å²) in [6.45, 7) is 0.669. The topological polar surface area (TPSA) is 152 Å². The number of nitrogen functional groups attached to an aromatic ring is 1. The van der Waals surface area contributed by atoms with Crippen LogP contribution in [0.1, 0.15) is 31.1 Å². The molecule has 0 bridgehead atoms. The second-order valence-corrected chi connectivity index (χ2v) is 10.3. The van der Waals surface area contributed by atoms with Crippen molar-refractivity contribution in [3.05, 3.63) is 87.7 Å². The van der Waals surface area contributed by atoms with E-state index in [1.807, 2.05) is 6.07 Å². The van der Waals surface area contributed by atoms with Gasteiger partial charge in [-0.05, 0) is 30.3 Å². The van der Waals surface area contributed by atoms with E-state index in [9.17, 15) is 27.6 Å². The number of aromatic nitrogens is 1. The fraction of sp³-hybridized carbons (Fsp3) is 0.167. The zero-order valence-corrected chi connectivity index (χ0v) is 19.7. The molecule has 1 aromatic heterocycles. The second kappa shape index (κ2) is 8.73. The number of hydrogen-bond acceptors (Lipinski definition) is 7. The molecule has 0 aliphatic carbocycles. The Bertz CT molecular complexity index is 1570. The van der Waals surface area contributed by atoms with E-state index in [0.717, 1.165) is 10.6 Å². The van der Waals surface area contributed by atoms with Crippen molar-refractivity contribution in [1.29, 1.82) is 0 Å². The molecule has 5 rings (SSSR count). The third-order valence-electron chi connectivity index (χ3n) is 6.21. The highest BCUT2D eigenvalue weighted by Crippen LogP contribution is 2.25. The highest BCUT2D eigenvalue weighted by Gasteiger charge is 2.33. The average molecular weight is 508 g/mol. The van der Waals surface area contributed by atoms with E-state index in [-0.39, 0.29) is 59.6 Å². The maximum absolute atomic E-state index is 13.4. The molecule has 3 amide bonds. The number of nitrogens with one attached hydrogen (secondary N) is 1. The van der Waals surface area contributed by atoms with Gasteiger partial charge >= 0.3 is 0 Å². The Morgan fingerprint density at radius 2 is 1.56 bits per heavy atom. The molecule has 0 spiro atoms. The van der Waals surface area contributed by atoms with Gasteiger partial charge in [-0.1, -0.05) is 24.3 Å². The molecule has 1 fully saturated rings. The summed E-state index contributed by atoms with van der Waals surface area (Å²) in [5, 5.41) is 2.09. The van der Waals surface area contributed by atoms with Gasteiger partial charge in [0.2, 0.25) is 10.0 Å². The van der Waals surface area contributed by atoms with Gasteiger partial charge in [-0.15, -0.1) is 0 Å². The summed E-state index contributed by atoms with van der Waals surface area (Å²) >= 11 is 0. The molecule has 0 saturated carbocycles. The number of anilines is 1. The zero-order chi connectivity index (χ0) is 25.6. The summed E-state index contributed by atoms with van der Waals surface area (Å²) in [7, 11) is -3.96. The van der Waals surface area contributed by atoms with E-state index in [0.29, 0.717) is 5.56 Å². The molecule has 12 heteroatoms. The monoisotopic (exact) mass is 507 g/mol. The van der Waals surface area contributed by atoms with Gasteiger partial charge in [0.15, 0.2) is 0 Å². The molecule has 36 heavy (non-hydrogen) atoms. The molecule has 2 aromatic carbocycles. The summed E-state index contributed by atoms with van der Waals surface area (Å²) < 4.78 is 29.0. The first kappa shape index (κ1) is 23.5. The Kier molecular flexibility index (Phi) is 5.69. The molecular formula is C24H21N5O6S. The van der Waals surface area contributed by atoms with Crippen molar-refractivity contribution in [1.82, 2.24) is 19.1 Å². The number of nitrogens with zero attached hydrogens (tertiary/aromatic N) is 3. The lowest BCUT2D eigenvalue weighted by Gasteiger charge is -2.34. The third kappa shape index (κ3) is 3.85. The number of fused-ring (bicyclic) bond motifs is 1. The average Bonchev–Trinajstić information content (AvgIpc) is 3.17. The van der Waals surface area contributed by atoms with Crippen molar-refractivity contribution in [3.63, 3.8) is 0 Å². The number of carbonyl (C=O) groups is 3. The summed E-state index contributed by atoms with van der Waals surface area (Å²) in [6, 6.07) is 15.4. The van der Waals surface area contributed by atoms with E-state index in [1.54, 1.807) is 29.2 Å². The Hall–Kier alpha value is -4.29. The molecule has 184 valence electrons. The quantitative estimate of drug-likeness (QED) is 0.487. The molecule has 0 radical (unpaired) electrons. The zero-order valence-electron chi connectivity index (χ0n) is 18.9. The molecular weight excluding hydrogens is 486 g/mol. The van der Waals surface area contributed by atoms with Crippen molar-refractivity contribution >= 4 is 33.6 Å². The number of hydrogen-bond donors (Lipinski definition) is 2. The molecule has 0 unspecified atom stereocenters. The number of sulfonamides is 1. The van der Waals surface area contributed by atoms with E-state index in [2.05, 4.69) is 5.32 Å². The Balaban J connectivity index is 1.41. The Morgan fingerprint density at radius 3 is 2.25 bits per heavy atom. The molecule has 3 N–H and O–H groups in total. The van der Waals surface area contributed by atoms with Crippen molar-refractivity contribution in [2.75, 3.05) is 31.9 Å². The van der Waals surface area contributed by atoms with Crippen molar-refractivity contribution in [3.8, 4) is 5.69 Å². The van der Waals surface area contributed by atoms with Crippen molar-refractivity contribution in [2.24, 2.45) is 0 Å². The van der Waals surface area contributed by atoms with Crippen LogP contribution in [0, 0.1) is 0 Å². The molecule has 0 atom stereocenters. The fourth-order valence-corrected chi connectivity index (χ4v) is 5.84. The Morgan fingerprint density at radius 1 is 0.861 bits per heavy atom. The van der Waals surface area contributed by atoms with Crippen LogP contribution in [0.3, 0.4) is 0 Å². The third-order valence-corrected chi connectivity index (χ3v) is 8.11. The Labute approximate surface area is 205 Å². The van der Waals surface area contributed by atoms with E-state index >= 15 is 0 Å². The summed E-state index contributed by atoms with van der Waals surface area (Å²) in [6.07, 6.45) is 0. The largest absolute Gasteiger partial charge is 0.384 e. The van der Waals surface area contributed by atoms with E-state index < -0.39 is 27.4 Å². The highest BCUT2D eigenvalue weighted by atomic mass is 32.2. The summed E-state index contributed by atoms with van der Waals surface area (Å²) in [4.78, 5) is 51.0. The van der Waals surface area contributed by atoms with Gasteiger partial charge in [-0.25, -0.2) is 8.42 Å². The minimum atomic E-state index is -3.96. The first-order chi connectivity index (χ1) is 17.2. The SMILES string of the molecule is Nc1c2c(cc(=O)n1-c1cccc(S(=O)(=O)N3CCN(C(=O)c4ccccc4)CC3)c1)C(=O)NC2=O. The number of benzene rings is 2. The number of rotatable bonds is 4. The van der Waals surface area contributed by atoms with Gasteiger partial charge < -0.3 is 10.6 Å². The number of piperazine rings is 1. The van der Waals surface area contributed by atoms with Gasteiger partial charge in [0.1, 0.15) is 5.82 Å². The fourth-order valence-electron chi connectivity index (χ4n) is 4.37. The standard InChI is InChI=1S/C24H21N5O6S/c25-21-20-18(22(31)26-23(20)32)14-19(30)29(21)16-7-4-8-17(13-16)36(34,35)28-11-9-27(10-12-28)24(33)15-5-2-1-3-6-15/h1-8,13-14H,9-12,25H2,(H,26,31,32). The van der Waals surface area contributed by atoms with Crippen LogP contribution in [0.4, 0.5) is 5.82 Å². The van der Waals surface area contributed by atoms with Crippen LogP contribution < -0.4 is 16.6 Å². The number of amides is 3. The maximum Gasteiger partial charge on any atom is 0.262 e. The molecule has 2 aliphatic rings. The summed E-state index contributed by atoms with van der Waals surface area (Å²) in [5.74, 6) is -1.87. The van der Waals surface area contributed by atoms with Gasteiger partial charge in [-0.3, -0.25) is 29.1 Å². The van der Waals surface area contributed by atoms with Crippen LogP contribution in [-0.2, 0) is 10.0 Å². The predicted molar refractivity (Wildman–Crippen MR) is 129 cm³/mol. The maximum atomic E-state index is 13.4. The normalized spacial score (nSPS) is 16.1. The second-order valence-electron chi connectivity index (χ2n) is 8.33. The van der Waals surface area contributed by atoms with Gasteiger partial charge in [0.05, 0.1) is 21.7 Å². The van der Waals surface area contributed by atoms with Crippen molar-refractivity contribution < 1.29 is 22.8 Å². The van der Waals surface area contributed by atoms with Gasteiger partial charge in [-0.2, -0.15) is 4.31 Å². The summed E-state index contributed by atoms with van der Waals surface area (Å²) in [5.41, 5.74) is 5.80. The number of carbonyl (C=O) groups excluding carboxylic acids is 3. The smallest absolute Gasteiger partial charge is 0.262 e. The van der Waals surface area contributed by atoms with Crippen molar-refractivity contribution in [2.45, 2.75) is 4.90 Å². The van der Waals surface area contributed by atoms with Crippen LogP contribution in [0.25, 0.3) is 5.69 Å². The molecule has 2 aliphatic heterocycles. The van der Waals surface area contributed by atoms with Crippen LogP contribution in [0.5, 0.6) is 0 Å². The van der Waals surface area contributed by atoms with E-state index in [4.69, 9.17) is 5.73 Å². The minimum Gasteiger partial charge on any atom is -0.384 e. The van der Waals surface area contributed by atoms with Crippen LogP contribution in [-0.4, -0.2) is 66.1 Å². The first-order valence-electron chi connectivity index (χ1n) is 11.0. The molecule has 11 nitrogen and oxygen atoms in total. The van der Waals surface area contributed by atoms with Crippen LogP contribution in [0.15, 0.2) is 70.4 Å². The highest BCUT2D eigenvalue weighted by molar-refractivity contribution is 7.89. The first-order valence-corrected chi connectivity index (χ1v) is 12.5. The van der Waals surface area contributed by atoms with Gasteiger partial charge in [0, 0.05) is 37.8 Å². The lowest BCUT2D eigenvalue weighted by molar-refractivity contribution is 0.0697. The molecule has 3 aromatic rings. The number of nitrogens with two attached hydrogens (primary N) is 1. The van der Waals surface area contributed by atoms with Crippen LogP contribution >= 0.6 is 0 Å². The predicted octanol–water partition coefficient (Wildman–Crippen LogP) is 0.450. The van der Waals surface area contributed by atoms with Gasteiger partial charge in [0.25, 0.3) is 23.3 Å². The number of pyridine rings is 1. The lowest BCUT2D eigenvalue weighted by Crippen LogP contribution is -2.50.